The van der Waals surface area contributed by atoms with Gasteiger partial charge in [-0.3, -0.25) is 0 Å². The zero-order chi connectivity index (χ0) is 12.3. The summed E-state index contributed by atoms with van der Waals surface area (Å²) in [5.41, 5.74) is 3.25. The summed E-state index contributed by atoms with van der Waals surface area (Å²) in [4.78, 5) is 1.67. The van der Waals surface area contributed by atoms with Crippen molar-refractivity contribution in [3.8, 4) is 0 Å². The van der Waals surface area contributed by atoms with Crippen LogP contribution in [0.3, 0.4) is 0 Å². The third-order valence-electron chi connectivity index (χ3n) is 3.97. The van der Waals surface area contributed by atoms with Gasteiger partial charge in [-0.1, -0.05) is 20.8 Å². The van der Waals surface area contributed by atoms with E-state index in [-0.39, 0.29) is 0 Å². The highest BCUT2D eigenvalue weighted by Crippen LogP contribution is 2.35. The van der Waals surface area contributed by atoms with Crippen molar-refractivity contribution in [2.45, 2.75) is 53.0 Å². The minimum absolute atomic E-state index is 0.840. The first kappa shape index (κ1) is 13.1. The smallest absolute Gasteiger partial charge is 0.0216 e. The van der Waals surface area contributed by atoms with Gasteiger partial charge in [0.15, 0.2) is 0 Å². The fourth-order valence-corrected chi connectivity index (χ4v) is 3.92. The highest BCUT2D eigenvalue weighted by molar-refractivity contribution is 7.10. The van der Waals surface area contributed by atoms with Crippen molar-refractivity contribution in [2.75, 3.05) is 6.54 Å². The van der Waals surface area contributed by atoms with Crippen molar-refractivity contribution in [3.63, 3.8) is 0 Å². The number of fused-ring (bicyclic) bond motifs is 1. The first-order valence-electron chi connectivity index (χ1n) is 7.01. The molecule has 0 amide bonds. The Hall–Kier alpha value is -0.340. The van der Waals surface area contributed by atoms with Crippen LogP contribution in [0.4, 0.5) is 0 Å². The predicted octanol–water partition coefficient (Wildman–Crippen LogP) is 4.01. The Morgan fingerprint density at radius 3 is 3.00 bits per heavy atom. The molecular formula is C15H25NS. The molecule has 0 aliphatic heterocycles. The van der Waals surface area contributed by atoms with Crippen LogP contribution in [0, 0.1) is 11.8 Å². The number of nitrogens with one attached hydrogen (secondary N) is 1. The summed E-state index contributed by atoms with van der Waals surface area (Å²) >= 11 is 1.99. The third kappa shape index (κ3) is 3.11. The summed E-state index contributed by atoms with van der Waals surface area (Å²) < 4.78 is 0. The summed E-state index contributed by atoms with van der Waals surface area (Å²) in [6.45, 7) is 9.18. The van der Waals surface area contributed by atoms with Gasteiger partial charge in [0, 0.05) is 11.4 Å². The molecule has 2 rings (SSSR count). The van der Waals surface area contributed by atoms with Gasteiger partial charge < -0.3 is 5.32 Å². The fraction of sp³-hybridized carbons (Fsp3) is 0.733. The molecular weight excluding hydrogens is 226 g/mol. The highest BCUT2D eigenvalue weighted by atomic mass is 32.1. The first-order chi connectivity index (χ1) is 8.22. The van der Waals surface area contributed by atoms with Crippen LogP contribution in [0.2, 0.25) is 0 Å². The molecule has 2 heteroatoms. The summed E-state index contributed by atoms with van der Waals surface area (Å²) in [7, 11) is 0. The molecule has 1 aliphatic rings. The zero-order valence-electron chi connectivity index (χ0n) is 11.4. The van der Waals surface area contributed by atoms with Gasteiger partial charge in [-0.15, -0.1) is 11.3 Å². The molecule has 0 aromatic carbocycles. The molecule has 1 aliphatic carbocycles. The molecule has 17 heavy (non-hydrogen) atoms. The molecule has 0 fully saturated rings. The zero-order valence-corrected chi connectivity index (χ0v) is 12.2. The van der Waals surface area contributed by atoms with E-state index in [9.17, 15) is 0 Å². The molecule has 0 bridgehead atoms. The lowest BCUT2D eigenvalue weighted by molar-refractivity contribution is 0.345. The Labute approximate surface area is 110 Å². The van der Waals surface area contributed by atoms with E-state index in [1.54, 1.807) is 16.0 Å². The van der Waals surface area contributed by atoms with Crippen LogP contribution in [-0.2, 0) is 19.4 Å². The molecule has 1 N–H and O–H groups in total. The molecule has 96 valence electrons. The Morgan fingerprint density at radius 2 is 2.29 bits per heavy atom. The summed E-state index contributed by atoms with van der Waals surface area (Å²) in [6, 6.07) is 0. The number of hydrogen-bond acceptors (Lipinski definition) is 2. The highest BCUT2D eigenvalue weighted by Gasteiger charge is 2.24. The Morgan fingerprint density at radius 1 is 1.47 bits per heavy atom. The Balaban J connectivity index is 2.00. The Kier molecular flexibility index (Phi) is 4.63. The predicted molar refractivity (Wildman–Crippen MR) is 76.7 cm³/mol. The maximum atomic E-state index is 3.53. The van der Waals surface area contributed by atoms with Crippen molar-refractivity contribution >= 4 is 11.3 Å². The molecule has 1 atom stereocenters. The molecule has 1 nitrogen and oxygen atoms in total. The van der Waals surface area contributed by atoms with Gasteiger partial charge in [-0.2, -0.15) is 0 Å². The fourth-order valence-electron chi connectivity index (χ4n) is 2.72. The van der Waals surface area contributed by atoms with E-state index in [0.717, 1.165) is 24.9 Å². The lowest BCUT2D eigenvalue weighted by Crippen LogP contribution is -2.20. The Bertz CT molecular complexity index is 354. The van der Waals surface area contributed by atoms with Gasteiger partial charge in [0.2, 0.25) is 0 Å². The average molecular weight is 251 g/mol. The minimum atomic E-state index is 0.840. The maximum absolute atomic E-state index is 3.53. The molecule has 0 saturated carbocycles. The average Bonchev–Trinajstić information content (AvgIpc) is 2.72. The van der Waals surface area contributed by atoms with E-state index in [4.69, 9.17) is 0 Å². The maximum Gasteiger partial charge on any atom is 0.0216 e. The number of thiophene rings is 1. The summed E-state index contributed by atoms with van der Waals surface area (Å²) in [6.07, 6.45) is 5.25. The molecule has 1 aromatic heterocycles. The van der Waals surface area contributed by atoms with Crippen molar-refractivity contribution in [1.82, 2.24) is 5.32 Å². The van der Waals surface area contributed by atoms with Gasteiger partial charge >= 0.3 is 0 Å². The molecule has 1 heterocycles. The second-order valence-corrected chi connectivity index (χ2v) is 6.55. The number of hydrogen-bond donors (Lipinski definition) is 1. The van der Waals surface area contributed by atoms with E-state index >= 15 is 0 Å². The molecule has 0 radical (unpaired) electrons. The van der Waals surface area contributed by atoms with E-state index in [0.29, 0.717) is 0 Å². The minimum Gasteiger partial charge on any atom is -0.313 e. The van der Waals surface area contributed by atoms with Gasteiger partial charge in [-0.25, -0.2) is 0 Å². The van der Waals surface area contributed by atoms with Crippen molar-refractivity contribution < 1.29 is 0 Å². The molecule has 0 spiro atoms. The largest absolute Gasteiger partial charge is 0.313 e. The van der Waals surface area contributed by atoms with Crippen molar-refractivity contribution in [3.05, 3.63) is 21.4 Å². The topological polar surface area (TPSA) is 12.0 Å². The van der Waals surface area contributed by atoms with Crippen LogP contribution in [0.1, 0.15) is 49.6 Å². The van der Waals surface area contributed by atoms with E-state index in [1.807, 2.05) is 11.3 Å². The van der Waals surface area contributed by atoms with Crippen molar-refractivity contribution in [2.24, 2.45) is 11.8 Å². The SMILES string of the molecule is CCCNCc1csc2c1CCC(C(C)C)C2. The normalized spacial score (nSPS) is 19.6. The van der Waals surface area contributed by atoms with Crippen LogP contribution in [0.5, 0.6) is 0 Å². The van der Waals surface area contributed by atoms with Crippen LogP contribution >= 0.6 is 11.3 Å². The third-order valence-corrected chi connectivity index (χ3v) is 5.07. The van der Waals surface area contributed by atoms with Crippen molar-refractivity contribution in [1.29, 1.82) is 0 Å². The lowest BCUT2D eigenvalue weighted by atomic mass is 9.81. The lowest BCUT2D eigenvalue weighted by Gasteiger charge is -2.26. The monoisotopic (exact) mass is 251 g/mol. The van der Waals surface area contributed by atoms with Crippen LogP contribution in [-0.4, -0.2) is 6.54 Å². The molecule has 1 aromatic rings. The number of rotatable bonds is 5. The second-order valence-electron chi connectivity index (χ2n) is 5.59. The van der Waals surface area contributed by atoms with E-state index < -0.39 is 0 Å². The van der Waals surface area contributed by atoms with Crippen LogP contribution in [0.25, 0.3) is 0 Å². The van der Waals surface area contributed by atoms with Gasteiger partial charge in [-0.05, 0) is 60.6 Å². The van der Waals surface area contributed by atoms with Crippen LogP contribution in [0.15, 0.2) is 5.38 Å². The second kappa shape index (κ2) is 6.01. The molecule has 1 unspecified atom stereocenters. The van der Waals surface area contributed by atoms with E-state index in [1.165, 1.54) is 25.7 Å². The molecule has 0 saturated heterocycles. The van der Waals surface area contributed by atoms with E-state index in [2.05, 4.69) is 31.5 Å². The standard InChI is InChI=1S/C15H25NS/c1-4-7-16-9-13-10-17-15-8-12(11(2)3)5-6-14(13)15/h10-12,16H,4-9H2,1-3H3. The van der Waals surface area contributed by atoms with Gasteiger partial charge in [0.05, 0.1) is 0 Å². The summed E-state index contributed by atoms with van der Waals surface area (Å²) in [5.74, 6) is 1.75. The van der Waals surface area contributed by atoms with Crippen LogP contribution < -0.4 is 5.32 Å². The summed E-state index contributed by atoms with van der Waals surface area (Å²) in [5, 5.41) is 5.91. The first-order valence-corrected chi connectivity index (χ1v) is 7.89. The quantitative estimate of drug-likeness (QED) is 0.780. The van der Waals surface area contributed by atoms with Gasteiger partial charge in [0.25, 0.3) is 0 Å². The van der Waals surface area contributed by atoms with Gasteiger partial charge in [0.1, 0.15) is 0 Å².